The zero-order valence-electron chi connectivity index (χ0n) is 9.63. The van der Waals surface area contributed by atoms with E-state index in [9.17, 15) is 4.79 Å². The first-order valence-electron chi connectivity index (χ1n) is 5.73. The van der Waals surface area contributed by atoms with Gasteiger partial charge in [-0.25, -0.2) is 4.98 Å². The van der Waals surface area contributed by atoms with Gasteiger partial charge in [0, 0.05) is 19.3 Å². The average molecular weight is 234 g/mol. The number of hydrogen-bond acceptors (Lipinski definition) is 4. The number of aromatic nitrogens is 1. The summed E-state index contributed by atoms with van der Waals surface area (Å²) in [5, 5.41) is 0. The molecule has 2 atom stereocenters. The second kappa shape index (κ2) is 4.00. The topological polar surface area (TPSA) is 55.0 Å². The Hall–Kier alpha value is -1.62. The molecule has 1 aromatic rings. The van der Waals surface area contributed by atoms with E-state index in [2.05, 4.69) is 4.98 Å². The molecule has 1 aromatic heterocycles. The minimum absolute atomic E-state index is 0.0242. The molecular formula is C12H14N2O3. The SMILES string of the molecule is COc1ncccc1C(=O)N1CCC2OC2C1. The summed E-state index contributed by atoms with van der Waals surface area (Å²) in [7, 11) is 1.52. The number of amides is 1. The molecule has 90 valence electrons. The number of nitrogens with zero attached hydrogens (tertiary/aromatic N) is 2. The second-order valence-corrected chi connectivity index (χ2v) is 4.31. The van der Waals surface area contributed by atoms with Crippen molar-refractivity contribution in [3.05, 3.63) is 23.9 Å². The first-order chi connectivity index (χ1) is 8.29. The van der Waals surface area contributed by atoms with Crippen LogP contribution in [0.25, 0.3) is 0 Å². The van der Waals surface area contributed by atoms with Gasteiger partial charge in [0.1, 0.15) is 11.7 Å². The van der Waals surface area contributed by atoms with Gasteiger partial charge in [0.25, 0.3) is 5.91 Å². The number of carbonyl (C=O) groups excluding carboxylic acids is 1. The van der Waals surface area contributed by atoms with Crippen LogP contribution in [0.4, 0.5) is 0 Å². The van der Waals surface area contributed by atoms with Crippen LogP contribution in [0.3, 0.4) is 0 Å². The Morgan fingerprint density at radius 3 is 3.24 bits per heavy atom. The summed E-state index contributed by atoms with van der Waals surface area (Å²) in [6, 6.07) is 3.49. The third kappa shape index (κ3) is 1.86. The second-order valence-electron chi connectivity index (χ2n) is 4.31. The van der Waals surface area contributed by atoms with Gasteiger partial charge in [-0.2, -0.15) is 0 Å². The van der Waals surface area contributed by atoms with Gasteiger partial charge in [-0.15, -0.1) is 0 Å². The molecule has 0 aromatic carbocycles. The summed E-state index contributed by atoms with van der Waals surface area (Å²) < 4.78 is 10.5. The zero-order valence-corrected chi connectivity index (χ0v) is 9.63. The molecule has 2 unspecified atom stereocenters. The maximum Gasteiger partial charge on any atom is 0.259 e. The third-order valence-corrected chi connectivity index (χ3v) is 3.25. The van der Waals surface area contributed by atoms with Gasteiger partial charge in [-0.3, -0.25) is 4.79 Å². The van der Waals surface area contributed by atoms with Gasteiger partial charge < -0.3 is 14.4 Å². The van der Waals surface area contributed by atoms with E-state index >= 15 is 0 Å². The monoisotopic (exact) mass is 234 g/mol. The van der Waals surface area contributed by atoms with E-state index in [1.54, 1.807) is 18.3 Å². The summed E-state index contributed by atoms with van der Waals surface area (Å²) in [5.41, 5.74) is 0.522. The van der Waals surface area contributed by atoms with E-state index in [4.69, 9.17) is 9.47 Å². The van der Waals surface area contributed by atoms with E-state index in [0.717, 1.165) is 13.0 Å². The number of rotatable bonds is 2. The van der Waals surface area contributed by atoms with Crippen LogP contribution in [0.15, 0.2) is 18.3 Å². The summed E-state index contributed by atoms with van der Waals surface area (Å²) in [4.78, 5) is 18.1. The Kier molecular flexibility index (Phi) is 2.48. The van der Waals surface area contributed by atoms with Crippen molar-refractivity contribution < 1.29 is 14.3 Å². The van der Waals surface area contributed by atoms with Crippen LogP contribution < -0.4 is 4.74 Å². The molecule has 2 aliphatic heterocycles. The van der Waals surface area contributed by atoms with Crippen LogP contribution in [0.2, 0.25) is 0 Å². The molecule has 0 N–H and O–H groups in total. The van der Waals surface area contributed by atoms with Gasteiger partial charge in [0.05, 0.1) is 13.2 Å². The summed E-state index contributed by atoms with van der Waals surface area (Å²) >= 11 is 0. The van der Waals surface area contributed by atoms with Crippen molar-refractivity contribution in [2.24, 2.45) is 0 Å². The van der Waals surface area contributed by atoms with Crippen molar-refractivity contribution >= 4 is 5.91 Å². The predicted octanol–water partition coefficient (Wildman–Crippen LogP) is 0.703. The highest BCUT2D eigenvalue weighted by molar-refractivity contribution is 5.96. The molecule has 0 saturated carbocycles. The Morgan fingerprint density at radius 1 is 1.59 bits per heavy atom. The Morgan fingerprint density at radius 2 is 2.47 bits per heavy atom. The van der Waals surface area contributed by atoms with E-state index in [1.807, 2.05) is 4.90 Å². The fourth-order valence-electron chi connectivity index (χ4n) is 2.26. The van der Waals surface area contributed by atoms with E-state index in [-0.39, 0.29) is 12.0 Å². The predicted molar refractivity (Wildman–Crippen MR) is 60.0 cm³/mol. The van der Waals surface area contributed by atoms with Crippen molar-refractivity contribution in [3.8, 4) is 5.88 Å². The van der Waals surface area contributed by atoms with Crippen molar-refractivity contribution in [1.82, 2.24) is 9.88 Å². The minimum Gasteiger partial charge on any atom is -0.480 e. The molecule has 3 heterocycles. The molecule has 0 spiro atoms. The normalized spacial score (nSPS) is 26.3. The van der Waals surface area contributed by atoms with E-state index in [1.165, 1.54) is 7.11 Å². The maximum atomic E-state index is 12.3. The van der Waals surface area contributed by atoms with Crippen molar-refractivity contribution in [2.45, 2.75) is 18.6 Å². The largest absolute Gasteiger partial charge is 0.480 e. The van der Waals surface area contributed by atoms with Gasteiger partial charge in [0.2, 0.25) is 5.88 Å². The van der Waals surface area contributed by atoms with Gasteiger partial charge in [0.15, 0.2) is 0 Å². The minimum atomic E-state index is -0.0242. The van der Waals surface area contributed by atoms with Crippen LogP contribution >= 0.6 is 0 Å². The summed E-state index contributed by atoms with van der Waals surface area (Å²) in [5.74, 6) is 0.361. The standard InChI is InChI=1S/C12H14N2O3/c1-16-11-8(3-2-5-13-11)12(15)14-6-4-9-10(7-14)17-9/h2-3,5,9-10H,4,6-7H2,1H3. The maximum absolute atomic E-state index is 12.3. The number of pyridine rings is 1. The van der Waals surface area contributed by atoms with Crippen LogP contribution in [0.5, 0.6) is 5.88 Å². The summed E-state index contributed by atoms with van der Waals surface area (Å²) in [6.07, 6.45) is 3.18. The van der Waals surface area contributed by atoms with Gasteiger partial charge in [-0.05, 0) is 18.6 Å². The van der Waals surface area contributed by atoms with Crippen LogP contribution in [0.1, 0.15) is 16.8 Å². The van der Waals surface area contributed by atoms with Gasteiger partial charge >= 0.3 is 0 Å². The van der Waals surface area contributed by atoms with E-state index in [0.29, 0.717) is 24.1 Å². The number of epoxide rings is 1. The molecule has 2 aliphatic rings. The molecule has 2 fully saturated rings. The van der Waals surface area contributed by atoms with Crippen LogP contribution in [0, 0.1) is 0 Å². The zero-order chi connectivity index (χ0) is 11.8. The third-order valence-electron chi connectivity index (χ3n) is 3.25. The molecule has 2 saturated heterocycles. The Bertz CT molecular complexity index is 449. The number of piperidine rings is 1. The Balaban J connectivity index is 1.80. The van der Waals surface area contributed by atoms with Crippen molar-refractivity contribution in [1.29, 1.82) is 0 Å². The van der Waals surface area contributed by atoms with E-state index < -0.39 is 0 Å². The number of ether oxygens (including phenoxy) is 2. The summed E-state index contributed by atoms with van der Waals surface area (Å²) in [6.45, 7) is 1.43. The first kappa shape index (κ1) is 10.5. The average Bonchev–Trinajstić information content (AvgIpc) is 3.16. The Labute approximate surface area is 99.3 Å². The molecule has 5 heteroatoms. The fourth-order valence-corrected chi connectivity index (χ4v) is 2.26. The molecule has 17 heavy (non-hydrogen) atoms. The molecule has 0 aliphatic carbocycles. The molecule has 0 bridgehead atoms. The first-order valence-corrected chi connectivity index (χ1v) is 5.73. The highest BCUT2D eigenvalue weighted by Gasteiger charge is 2.44. The highest BCUT2D eigenvalue weighted by atomic mass is 16.6. The molecule has 5 nitrogen and oxygen atoms in total. The van der Waals surface area contributed by atoms with Crippen LogP contribution in [-0.2, 0) is 4.74 Å². The lowest BCUT2D eigenvalue weighted by Gasteiger charge is -2.24. The highest BCUT2D eigenvalue weighted by Crippen LogP contribution is 2.31. The molecule has 3 rings (SSSR count). The number of hydrogen-bond donors (Lipinski definition) is 0. The lowest BCUT2D eigenvalue weighted by Crippen LogP contribution is -2.39. The van der Waals surface area contributed by atoms with Gasteiger partial charge in [-0.1, -0.05) is 0 Å². The van der Waals surface area contributed by atoms with Crippen LogP contribution in [-0.4, -0.2) is 48.2 Å². The number of methoxy groups -OCH3 is 1. The number of carbonyl (C=O) groups is 1. The fraction of sp³-hybridized carbons (Fsp3) is 0.500. The lowest BCUT2D eigenvalue weighted by molar-refractivity contribution is 0.0732. The molecule has 0 radical (unpaired) electrons. The molecule has 1 amide bonds. The quantitative estimate of drug-likeness (QED) is 0.707. The number of likely N-dealkylation sites (tertiary alicyclic amines) is 1. The smallest absolute Gasteiger partial charge is 0.259 e. The van der Waals surface area contributed by atoms with Crippen molar-refractivity contribution in [2.75, 3.05) is 20.2 Å². The van der Waals surface area contributed by atoms with Crippen molar-refractivity contribution in [3.63, 3.8) is 0 Å². The molecular weight excluding hydrogens is 220 g/mol. The number of fused-ring (bicyclic) bond motifs is 1. The lowest BCUT2D eigenvalue weighted by atomic mass is 10.1.